The highest BCUT2D eigenvalue weighted by molar-refractivity contribution is 5.52. The van der Waals surface area contributed by atoms with Crippen molar-refractivity contribution in [1.82, 2.24) is 4.98 Å². The van der Waals surface area contributed by atoms with Gasteiger partial charge in [0.1, 0.15) is 11.4 Å². The molecular formula is C7H8F3N3O. The maximum atomic E-state index is 12.2. The van der Waals surface area contributed by atoms with Crippen LogP contribution in [-0.2, 0) is 6.18 Å². The van der Waals surface area contributed by atoms with E-state index in [0.29, 0.717) is 0 Å². The van der Waals surface area contributed by atoms with Gasteiger partial charge in [-0.05, 0) is 12.1 Å². The standard InChI is InChI=1S/C7H8F3N3O/c1-14-6-4(13-11)2-3-5(12-6)7(8,9)10/h2-3,13H,11H2,1H3. The van der Waals surface area contributed by atoms with E-state index in [-0.39, 0.29) is 11.6 Å². The number of hydrogen-bond donors (Lipinski definition) is 2. The predicted octanol–water partition coefficient (Wildman–Crippen LogP) is 1.39. The number of nitrogens with one attached hydrogen (secondary N) is 1. The van der Waals surface area contributed by atoms with E-state index < -0.39 is 11.9 Å². The van der Waals surface area contributed by atoms with Crippen molar-refractivity contribution in [1.29, 1.82) is 0 Å². The number of aromatic nitrogens is 1. The number of nitrogen functional groups attached to an aromatic ring is 1. The molecule has 7 heteroatoms. The molecule has 1 rings (SSSR count). The highest BCUT2D eigenvalue weighted by atomic mass is 19.4. The van der Waals surface area contributed by atoms with Crippen LogP contribution >= 0.6 is 0 Å². The van der Waals surface area contributed by atoms with Crippen LogP contribution in [0.1, 0.15) is 5.69 Å². The van der Waals surface area contributed by atoms with E-state index in [2.05, 4.69) is 15.1 Å². The third-order valence-electron chi connectivity index (χ3n) is 1.50. The van der Waals surface area contributed by atoms with Crippen LogP contribution in [0.3, 0.4) is 0 Å². The van der Waals surface area contributed by atoms with Gasteiger partial charge in [0, 0.05) is 0 Å². The molecule has 0 bridgehead atoms. The number of methoxy groups -OCH3 is 1. The molecule has 0 aromatic carbocycles. The number of nitrogens with two attached hydrogens (primary N) is 1. The number of anilines is 1. The predicted molar refractivity (Wildman–Crippen MR) is 43.6 cm³/mol. The summed E-state index contributed by atoms with van der Waals surface area (Å²) < 4.78 is 41.1. The van der Waals surface area contributed by atoms with Gasteiger partial charge in [-0.15, -0.1) is 0 Å². The number of alkyl halides is 3. The zero-order valence-corrected chi connectivity index (χ0v) is 7.22. The van der Waals surface area contributed by atoms with Gasteiger partial charge in [0.25, 0.3) is 0 Å². The van der Waals surface area contributed by atoms with Crippen LogP contribution in [0.15, 0.2) is 12.1 Å². The summed E-state index contributed by atoms with van der Waals surface area (Å²) in [5, 5.41) is 0. The van der Waals surface area contributed by atoms with Crippen molar-refractivity contribution >= 4 is 5.69 Å². The zero-order valence-electron chi connectivity index (χ0n) is 7.22. The molecule has 0 saturated carbocycles. The third kappa shape index (κ3) is 2.05. The van der Waals surface area contributed by atoms with Gasteiger partial charge in [0.05, 0.1) is 7.11 Å². The summed E-state index contributed by atoms with van der Waals surface area (Å²) in [6.45, 7) is 0. The van der Waals surface area contributed by atoms with Crippen LogP contribution in [0.2, 0.25) is 0 Å². The van der Waals surface area contributed by atoms with Crippen molar-refractivity contribution in [2.45, 2.75) is 6.18 Å². The molecule has 0 atom stereocenters. The van der Waals surface area contributed by atoms with Crippen LogP contribution < -0.4 is 16.0 Å². The minimum Gasteiger partial charge on any atom is -0.479 e. The molecule has 1 aromatic rings. The highest BCUT2D eigenvalue weighted by Crippen LogP contribution is 2.31. The molecule has 0 unspecified atom stereocenters. The molecule has 1 aromatic heterocycles. The summed E-state index contributed by atoms with van der Waals surface area (Å²) >= 11 is 0. The Morgan fingerprint density at radius 3 is 2.50 bits per heavy atom. The molecule has 1 heterocycles. The SMILES string of the molecule is COc1nc(C(F)(F)F)ccc1NN. The van der Waals surface area contributed by atoms with Gasteiger partial charge in [-0.2, -0.15) is 13.2 Å². The number of pyridine rings is 1. The van der Waals surface area contributed by atoms with Crippen LogP contribution in [-0.4, -0.2) is 12.1 Å². The van der Waals surface area contributed by atoms with E-state index in [1.165, 1.54) is 7.11 Å². The first kappa shape index (κ1) is 10.6. The summed E-state index contributed by atoms with van der Waals surface area (Å²) in [5.41, 5.74) is 1.35. The second-order valence-electron chi connectivity index (χ2n) is 2.40. The Bertz CT molecular complexity index is 326. The second kappa shape index (κ2) is 3.70. The molecule has 0 fully saturated rings. The lowest BCUT2D eigenvalue weighted by molar-refractivity contribution is -0.141. The van der Waals surface area contributed by atoms with Crippen LogP contribution in [0.4, 0.5) is 18.9 Å². The fourth-order valence-electron chi connectivity index (χ4n) is 0.864. The number of ether oxygens (including phenoxy) is 1. The van der Waals surface area contributed by atoms with Crippen LogP contribution in [0.25, 0.3) is 0 Å². The molecule has 14 heavy (non-hydrogen) atoms. The summed E-state index contributed by atoms with van der Waals surface area (Å²) in [4.78, 5) is 3.24. The fourth-order valence-corrected chi connectivity index (χ4v) is 0.864. The van der Waals surface area contributed by atoms with Gasteiger partial charge in [-0.1, -0.05) is 0 Å². The Balaban J connectivity index is 3.14. The van der Waals surface area contributed by atoms with E-state index in [4.69, 9.17) is 5.84 Å². The van der Waals surface area contributed by atoms with Crippen LogP contribution in [0, 0.1) is 0 Å². The first-order valence-corrected chi connectivity index (χ1v) is 3.58. The van der Waals surface area contributed by atoms with E-state index in [0.717, 1.165) is 12.1 Å². The Morgan fingerprint density at radius 2 is 2.07 bits per heavy atom. The first-order valence-electron chi connectivity index (χ1n) is 3.58. The van der Waals surface area contributed by atoms with Crippen molar-refractivity contribution in [3.05, 3.63) is 17.8 Å². The van der Waals surface area contributed by atoms with Crippen molar-refractivity contribution in [2.24, 2.45) is 5.84 Å². The maximum Gasteiger partial charge on any atom is 0.433 e. The highest BCUT2D eigenvalue weighted by Gasteiger charge is 2.33. The minimum absolute atomic E-state index is 0.192. The number of hydrogen-bond acceptors (Lipinski definition) is 4. The Kier molecular flexibility index (Phi) is 2.80. The van der Waals surface area contributed by atoms with Crippen LogP contribution in [0.5, 0.6) is 5.88 Å². The average Bonchev–Trinajstić information content (AvgIpc) is 2.15. The quantitative estimate of drug-likeness (QED) is 0.568. The van der Waals surface area contributed by atoms with Gasteiger partial charge < -0.3 is 10.2 Å². The Hall–Kier alpha value is -1.50. The van der Waals surface area contributed by atoms with Crippen molar-refractivity contribution in [3.8, 4) is 5.88 Å². The van der Waals surface area contributed by atoms with Gasteiger partial charge in [0.2, 0.25) is 5.88 Å². The molecule has 0 aliphatic carbocycles. The summed E-state index contributed by atoms with van der Waals surface area (Å²) in [7, 11) is 1.21. The van der Waals surface area contributed by atoms with E-state index >= 15 is 0 Å². The summed E-state index contributed by atoms with van der Waals surface area (Å²) in [6.07, 6.45) is -4.49. The molecule has 78 valence electrons. The largest absolute Gasteiger partial charge is 0.479 e. The smallest absolute Gasteiger partial charge is 0.433 e. The monoisotopic (exact) mass is 207 g/mol. The number of nitrogens with zero attached hydrogens (tertiary/aromatic N) is 1. The van der Waals surface area contributed by atoms with E-state index in [1.807, 2.05) is 0 Å². The molecular weight excluding hydrogens is 199 g/mol. The normalized spacial score (nSPS) is 11.2. The molecule has 0 saturated heterocycles. The fraction of sp³-hybridized carbons (Fsp3) is 0.286. The third-order valence-corrected chi connectivity index (χ3v) is 1.50. The molecule has 0 spiro atoms. The minimum atomic E-state index is -4.49. The maximum absolute atomic E-state index is 12.2. The molecule has 0 radical (unpaired) electrons. The van der Waals surface area contributed by atoms with Crippen molar-refractivity contribution in [3.63, 3.8) is 0 Å². The van der Waals surface area contributed by atoms with Gasteiger partial charge in [0.15, 0.2) is 0 Å². The molecule has 0 aliphatic rings. The Morgan fingerprint density at radius 1 is 1.43 bits per heavy atom. The second-order valence-corrected chi connectivity index (χ2v) is 2.40. The number of hydrazine groups is 1. The average molecular weight is 207 g/mol. The van der Waals surface area contributed by atoms with Gasteiger partial charge >= 0.3 is 6.18 Å². The van der Waals surface area contributed by atoms with E-state index in [1.54, 1.807) is 0 Å². The van der Waals surface area contributed by atoms with Gasteiger partial charge in [-0.3, -0.25) is 5.84 Å². The van der Waals surface area contributed by atoms with Crippen molar-refractivity contribution in [2.75, 3.05) is 12.5 Å². The number of rotatable bonds is 2. The summed E-state index contributed by atoms with van der Waals surface area (Å²) in [6, 6.07) is 1.96. The molecule has 4 nitrogen and oxygen atoms in total. The lowest BCUT2D eigenvalue weighted by Crippen LogP contribution is -2.12. The molecule has 0 amide bonds. The summed E-state index contributed by atoms with van der Waals surface area (Å²) in [5.74, 6) is 4.84. The number of halogens is 3. The van der Waals surface area contributed by atoms with E-state index in [9.17, 15) is 13.2 Å². The first-order chi connectivity index (χ1) is 6.49. The lowest BCUT2D eigenvalue weighted by atomic mass is 10.3. The van der Waals surface area contributed by atoms with Crippen molar-refractivity contribution < 1.29 is 17.9 Å². The van der Waals surface area contributed by atoms with Gasteiger partial charge in [-0.25, -0.2) is 4.98 Å². The lowest BCUT2D eigenvalue weighted by Gasteiger charge is -2.10. The molecule has 3 N–H and O–H groups in total. The topological polar surface area (TPSA) is 60.2 Å². The Labute approximate surface area is 77.9 Å². The molecule has 0 aliphatic heterocycles. The zero-order chi connectivity index (χ0) is 10.8.